The van der Waals surface area contributed by atoms with Crippen LogP contribution in [0.3, 0.4) is 0 Å². The van der Waals surface area contributed by atoms with Crippen LogP contribution in [0.15, 0.2) is 133 Å². The first kappa shape index (κ1) is 28.3. The van der Waals surface area contributed by atoms with Crippen molar-refractivity contribution >= 4 is 41.3 Å². The summed E-state index contributed by atoms with van der Waals surface area (Å²) in [6, 6.07) is 8.72. The highest BCUT2D eigenvalue weighted by molar-refractivity contribution is 5.88. The van der Waals surface area contributed by atoms with E-state index in [0.717, 1.165) is 25.7 Å². The quantitative estimate of drug-likeness (QED) is 0.318. The Morgan fingerprint density at radius 1 is 0.884 bits per heavy atom. The van der Waals surface area contributed by atoms with E-state index in [4.69, 9.17) is 0 Å². The molecule has 1 aromatic carbocycles. The number of para-hydroxylation sites is 1. The topological polar surface area (TPSA) is 17.0 Å². The minimum atomic E-state index is 0.161. The lowest BCUT2D eigenvalue weighted by molar-refractivity contribution is 1.03. The Labute approximate surface area is 256 Å². The summed E-state index contributed by atoms with van der Waals surface area (Å²) in [6.07, 6.45) is 48.9. The van der Waals surface area contributed by atoms with Gasteiger partial charge in [-0.05, 0) is 67.2 Å². The first-order valence-corrected chi connectivity index (χ1v) is 15.5. The summed E-state index contributed by atoms with van der Waals surface area (Å²) >= 11 is 0. The molecule has 2 heteroatoms. The summed E-state index contributed by atoms with van der Waals surface area (Å²) in [5.74, 6) is 0. The highest BCUT2D eigenvalue weighted by Crippen LogP contribution is 2.36. The molecule has 1 aromatic heterocycles. The maximum atomic E-state index is 3.68. The van der Waals surface area contributed by atoms with Gasteiger partial charge in [0.25, 0.3) is 0 Å². The number of benzene rings is 1. The molecule has 0 radical (unpaired) electrons. The van der Waals surface area contributed by atoms with E-state index < -0.39 is 0 Å². The summed E-state index contributed by atoms with van der Waals surface area (Å²) in [5, 5.41) is 3.68. The predicted molar refractivity (Wildman–Crippen MR) is 189 cm³/mol. The molecule has 0 fully saturated rings. The number of fused-ring (bicyclic) bond motifs is 4. The first-order valence-electron chi connectivity index (χ1n) is 15.5. The van der Waals surface area contributed by atoms with Crippen LogP contribution in [0.2, 0.25) is 0 Å². The van der Waals surface area contributed by atoms with Crippen molar-refractivity contribution in [2.45, 2.75) is 45.6 Å². The summed E-state index contributed by atoms with van der Waals surface area (Å²) in [5.41, 5.74) is 12.5. The molecule has 2 bridgehead atoms. The fraction of sp³-hybridized carbons (Fsp3) is 0.171. The Kier molecular flexibility index (Phi) is 8.85. The third-order valence-corrected chi connectivity index (χ3v) is 8.08. The van der Waals surface area contributed by atoms with Crippen LogP contribution in [0, 0.1) is 0 Å². The van der Waals surface area contributed by atoms with Gasteiger partial charge in [-0.15, -0.1) is 0 Å². The Balaban J connectivity index is 1.38. The van der Waals surface area contributed by atoms with Crippen LogP contribution in [0.25, 0.3) is 35.6 Å². The van der Waals surface area contributed by atoms with Crippen molar-refractivity contribution < 1.29 is 0 Å². The molecule has 1 N–H and O–H groups in total. The maximum Gasteiger partial charge on any atom is 0.0646 e. The van der Waals surface area contributed by atoms with Crippen molar-refractivity contribution in [3.05, 3.63) is 161 Å². The van der Waals surface area contributed by atoms with Crippen LogP contribution in [-0.2, 0) is 0 Å². The molecule has 0 saturated carbocycles. The van der Waals surface area contributed by atoms with Crippen molar-refractivity contribution in [3.63, 3.8) is 0 Å². The standard InChI is InChI=1S/C41H40N2/c1-3-5-6-7-9-16-31-17-14-18-35(27-24-31)43-40-22-11-8-10-20-38(40)37(15-4-2)41(43)28-25-32-23-26-33-30-34(29-32)42-39-21-13-12-19-36(33)39/h4-7,9-15,17,19-30,34,42H,3,8,16,18H2,1-2H3/b6-5-,9-7-,15-4-,28-25+. The van der Waals surface area contributed by atoms with Gasteiger partial charge in [-0.25, -0.2) is 0 Å². The number of aromatic nitrogens is 1. The Bertz CT molecular complexity index is 1740. The molecule has 6 rings (SSSR count). The van der Waals surface area contributed by atoms with Gasteiger partial charge in [-0.2, -0.15) is 0 Å². The Morgan fingerprint density at radius 2 is 1.77 bits per heavy atom. The van der Waals surface area contributed by atoms with Gasteiger partial charge >= 0.3 is 0 Å². The third-order valence-electron chi connectivity index (χ3n) is 8.08. The molecular weight excluding hydrogens is 520 g/mol. The molecule has 43 heavy (non-hydrogen) atoms. The number of nitrogens with zero attached hydrogens (tertiary/aromatic N) is 1. The van der Waals surface area contributed by atoms with Gasteiger partial charge in [0.15, 0.2) is 0 Å². The van der Waals surface area contributed by atoms with E-state index in [2.05, 4.69) is 170 Å². The Hall–Kier alpha value is -4.82. The molecule has 1 unspecified atom stereocenters. The van der Waals surface area contributed by atoms with E-state index in [1.165, 1.54) is 56.2 Å². The SMILES string of the molecule is C/C=C\c1c2c(n(C3=CC=C(C/C=C\C=C/CC)C=CC3)c1/C=C/C1=CC3C=C(C=C1)c1ccccc1N3)C=CCC=C2. The average molecular weight is 561 g/mol. The van der Waals surface area contributed by atoms with E-state index in [9.17, 15) is 0 Å². The molecule has 2 heterocycles. The van der Waals surface area contributed by atoms with Crippen LogP contribution >= 0.6 is 0 Å². The molecule has 0 spiro atoms. The minimum absolute atomic E-state index is 0.161. The molecule has 3 aliphatic carbocycles. The van der Waals surface area contributed by atoms with Crippen LogP contribution in [0.5, 0.6) is 0 Å². The highest BCUT2D eigenvalue weighted by atomic mass is 15.0. The summed E-state index contributed by atoms with van der Waals surface area (Å²) < 4.78 is 2.46. The van der Waals surface area contributed by atoms with Gasteiger partial charge in [0.1, 0.15) is 0 Å². The van der Waals surface area contributed by atoms with Crippen molar-refractivity contribution in [1.82, 2.24) is 4.57 Å². The van der Waals surface area contributed by atoms with Crippen LogP contribution in [0.1, 0.15) is 67.6 Å². The second-order valence-electron chi connectivity index (χ2n) is 11.1. The second kappa shape index (κ2) is 13.4. The summed E-state index contributed by atoms with van der Waals surface area (Å²) in [4.78, 5) is 0. The molecule has 214 valence electrons. The Morgan fingerprint density at radius 3 is 2.67 bits per heavy atom. The van der Waals surface area contributed by atoms with E-state index in [-0.39, 0.29) is 6.04 Å². The normalized spacial score (nSPS) is 19.2. The van der Waals surface area contributed by atoms with Gasteiger partial charge in [-0.1, -0.05) is 128 Å². The lowest BCUT2D eigenvalue weighted by Gasteiger charge is -2.22. The molecule has 2 nitrogen and oxygen atoms in total. The number of allylic oxidation sites excluding steroid dienone is 18. The van der Waals surface area contributed by atoms with Gasteiger partial charge in [0.2, 0.25) is 0 Å². The van der Waals surface area contributed by atoms with Gasteiger partial charge < -0.3 is 9.88 Å². The molecule has 1 aliphatic heterocycles. The van der Waals surface area contributed by atoms with E-state index in [1.54, 1.807) is 0 Å². The molecule has 0 saturated heterocycles. The van der Waals surface area contributed by atoms with Crippen LogP contribution < -0.4 is 5.32 Å². The molecule has 2 aromatic rings. The van der Waals surface area contributed by atoms with Crippen molar-refractivity contribution in [3.8, 4) is 0 Å². The molecule has 0 amide bonds. The molecule has 4 aliphatic rings. The molecular formula is C41H40N2. The zero-order valence-electron chi connectivity index (χ0n) is 25.2. The number of hydrogen-bond acceptors (Lipinski definition) is 1. The van der Waals surface area contributed by atoms with Gasteiger partial charge in [-0.3, -0.25) is 0 Å². The number of nitrogens with one attached hydrogen (secondary N) is 1. The second-order valence-corrected chi connectivity index (χ2v) is 11.1. The zero-order valence-corrected chi connectivity index (χ0v) is 25.2. The van der Waals surface area contributed by atoms with Gasteiger partial charge in [0.05, 0.1) is 17.4 Å². The predicted octanol–water partition coefficient (Wildman–Crippen LogP) is 11.0. The lowest BCUT2D eigenvalue weighted by Crippen LogP contribution is -2.18. The third kappa shape index (κ3) is 6.34. The fourth-order valence-electron chi connectivity index (χ4n) is 6.04. The highest BCUT2D eigenvalue weighted by Gasteiger charge is 2.21. The zero-order chi connectivity index (χ0) is 29.4. The minimum Gasteiger partial charge on any atom is -0.375 e. The summed E-state index contributed by atoms with van der Waals surface area (Å²) in [6.45, 7) is 4.26. The van der Waals surface area contributed by atoms with E-state index >= 15 is 0 Å². The average Bonchev–Trinajstić information content (AvgIpc) is 3.32. The van der Waals surface area contributed by atoms with Crippen molar-refractivity contribution in [2.75, 3.05) is 5.32 Å². The molecule has 1 atom stereocenters. The largest absolute Gasteiger partial charge is 0.375 e. The maximum absolute atomic E-state index is 3.68. The number of hydrogen-bond donors (Lipinski definition) is 1. The first-order chi connectivity index (χ1) is 21.2. The monoisotopic (exact) mass is 560 g/mol. The van der Waals surface area contributed by atoms with Gasteiger partial charge in [0, 0.05) is 34.5 Å². The van der Waals surface area contributed by atoms with Crippen LogP contribution in [-0.4, -0.2) is 10.6 Å². The van der Waals surface area contributed by atoms with E-state index in [0.29, 0.717) is 0 Å². The summed E-state index contributed by atoms with van der Waals surface area (Å²) in [7, 11) is 0. The van der Waals surface area contributed by atoms with E-state index in [1.807, 2.05) is 0 Å². The fourth-order valence-corrected chi connectivity index (χ4v) is 6.04. The lowest BCUT2D eigenvalue weighted by atomic mass is 9.98. The van der Waals surface area contributed by atoms with Crippen LogP contribution in [0.4, 0.5) is 5.69 Å². The number of rotatable bonds is 8. The number of anilines is 1. The van der Waals surface area contributed by atoms with Crippen molar-refractivity contribution in [1.29, 1.82) is 0 Å². The smallest absolute Gasteiger partial charge is 0.0646 e. The van der Waals surface area contributed by atoms with Crippen molar-refractivity contribution in [2.24, 2.45) is 0 Å².